The van der Waals surface area contributed by atoms with Crippen molar-refractivity contribution < 1.29 is 9.90 Å². The number of amides is 1. The van der Waals surface area contributed by atoms with Gasteiger partial charge in [-0.1, -0.05) is 50.2 Å². The third-order valence-corrected chi connectivity index (χ3v) is 6.21. The van der Waals surface area contributed by atoms with E-state index in [1.807, 2.05) is 56.4 Å². The van der Waals surface area contributed by atoms with E-state index in [1.165, 1.54) is 0 Å². The molecule has 2 heterocycles. The molecule has 3 aromatic rings. The summed E-state index contributed by atoms with van der Waals surface area (Å²) in [7, 11) is 0. The SMILES string of the molecule is Cc1cnc(C(CCC(C)C)NC(=O)Cc2ccc(C(O)Cc3cccnc3C)cc2)c(C)c1. The second kappa shape index (κ2) is 11.9. The molecule has 0 fully saturated rings. The van der Waals surface area contributed by atoms with Gasteiger partial charge in [0.15, 0.2) is 0 Å². The highest BCUT2D eigenvalue weighted by Gasteiger charge is 2.19. The Morgan fingerprint density at radius 3 is 2.41 bits per heavy atom. The number of hydrogen-bond donors (Lipinski definition) is 2. The van der Waals surface area contributed by atoms with Crippen LogP contribution in [0.25, 0.3) is 0 Å². The molecule has 1 amide bonds. The molecule has 5 heteroatoms. The Bertz CT molecular complexity index is 1090. The normalized spacial score (nSPS) is 13.0. The number of rotatable bonds is 10. The third-order valence-electron chi connectivity index (χ3n) is 6.21. The summed E-state index contributed by atoms with van der Waals surface area (Å²) in [5, 5.41) is 13.9. The Kier molecular flexibility index (Phi) is 8.94. The number of benzene rings is 1. The molecule has 3 rings (SSSR count). The van der Waals surface area contributed by atoms with Crippen LogP contribution in [0.1, 0.15) is 78.0 Å². The summed E-state index contributed by atoms with van der Waals surface area (Å²) in [4.78, 5) is 21.9. The molecule has 34 heavy (non-hydrogen) atoms. The van der Waals surface area contributed by atoms with E-state index < -0.39 is 6.10 Å². The van der Waals surface area contributed by atoms with Crippen molar-refractivity contribution in [2.45, 2.75) is 72.4 Å². The first-order valence-electron chi connectivity index (χ1n) is 12.1. The lowest BCUT2D eigenvalue weighted by Gasteiger charge is -2.21. The van der Waals surface area contributed by atoms with Crippen molar-refractivity contribution in [3.63, 3.8) is 0 Å². The molecule has 1 aromatic carbocycles. The van der Waals surface area contributed by atoms with E-state index in [-0.39, 0.29) is 11.9 Å². The van der Waals surface area contributed by atoms with E-state index in [2.05, 4.69) is 42.1 Å². The predicted octanol–water partition coefficient (Wildman–Crippen LogP) is 5.51. The summed E-state index contributed by atoms with van der Waals surface area (Å²) in [6.45, 7) is 10.4. The van der Waals surface area contributed by atoms with Crippen molar-refractivity contribution >= 4 is 5.91 Å². The quantitative estimate of drug-likeness (QED) is 0.419. The van der Waals surface area contributed by atoms with E-state index in [4.69, 9.17) is 0 Å². The number of aliphatic hydroxyl groups is 1. The minimum atomic E-state index is -0.609. The summed E-state index contributed by atoms with van der Waals surface area (Å²) in [6, 6.07) is 13.6. The van der Waals surface area contributed by atoms with Gasteiger partial charge in [0.25, 0.3) is 0 Å². The number of aryl methyl sites for hydroxylation is 3. The number of carbonyl (C=O) groups is 1. The molecule has 2 aromatic heterocycles. The first-order chi connectivity index (χ1) is 16.2. The van der Waals surface area contributed by atoms with Crippen molar-refractivity contribution in [1.82, 2.24) is 15.3 Å². The number of nitrogens with zero attached hydrogens (tertiary/aromatic N) is 2. The predicted molar refractivity (Wildman–Crippen MR) is 136 cm³/mol. The number of aliphatic hydroxyl groups excluding tert-OH is 1. The van der Waals surface area contributed by atoms with E-state index in [9.17, 15) is 9.90 Å². The summed E-state index contributed by atoms with van der Waals surface area (Å²) in [5.41, 5.74) is 6.89. The van der Waals surface area contributed by atoms with Crippen LogP contribution in [-0.2, 0) is 17.6 Å². The first-order valence-corrected chi connectivity index (χ1v) is 12.1. The summed E-state index contributed by atoms with van der Waals surface area (Å²) in [6.07, 6.45) is 5.70. The maximum Gasteiger partial charge on any atom is 0.224 e. The Labute approximate surface area is 203 Å². The van der Waals surface area contributed by atoms with Crippen LogP contribution in [0.3, 0.4) is 0 Å². The minimum Gasteiger partial charge on any atom is -0.388 e. The Balaban J connectivity index is 1.64. The van der Waals surface area contributed by atoms with E-state index in [0.29, 0.717) is 18.8 Å². The molecule has 0 aliphatic heterocycles. The van der Waals surface area contributed by atoms with Gasteiger partial charge in [0.2, 0.25) is 5.91 Å². The van der Waals surface area contributed by atoms with E-state index in [0.717, 1.165) is 52.0 Å². The van der Waals surface area contributed by atoms with Crippen LogP contribution >= 0.6 is 0 Å². The van der Waals surface area contributed by atoms with Crippen LogP contribution in [0.5, 0.6) is 0 Å². The van der Waals surface area contributed by atoms with Crippen molar-refractivity contribution in [3.05, 3.63) is 94.1 Å². The molecule has 180 valence electrons. The van der Waals surface area contributed by atoms with Gasteiger partial charge in [-0.25, -0.2) is 0 Å². The van der Waals surface area contributed by atoms with Gasteiger partial charge in [-0.05, 0) is 73.4 Å². The van der Waals surface area contributed by atoms with E-state index in [1.54, 1.807) is 6.20 Å². The molecular weight excluding hydrogens is 422 g/mol. The fourth-order valence-electron chi connectivity index (χ4n) is 4.22. The molecule has 0 bridgehead atoms. The van der Waals surface area contributed by atoms with Crippen LogP contribution in [0.15, 0.2) is 54.9 Å². The maximum atomic E-state index is 12.9. The molecule has 0 saturated heterocycles. The van der Waals surface area contributed by atoms with Crippen LogP contribution in [0, 0.1) is 26.7 Å². The monoisotopic (exact) mass is 459 g/mol. The van der Waals surface area contributed by atoms with Gasteiger partial charge in [0, 0.05) is 24.5 Å². The molecule has 2 N–H and O–H groups in total. The topological polar surface area (TPSA) is 75.1 Å². The number of pyridine rings is 2. The van der Waals surface area contributed by atoms with Crippen LogP contribution in [-0.4, -0.2) is 21.0 Å². The van der Waals surface area contributed by atoms with Crippen LogP contribution in [0.4, 0.5) is 0 Å². The lowest BCUT2D eigenvalue weighted by Crippen LogP contribution is -2.31. The zero-order valence-corrected chi connectivity index (χ0v) is 21.0. The second-order valence-electron chi connectivity index (χ2n) is 9.69. The zero-order chi connectivity index (χ0) is 24.7. The first kappa shape index (κ1) is 25.6. The third kappa shape index (κ3) is 7.22. The molecular formula is C29H37N3O2. The number of nitrogens with one attached hydrogen (secondary N) is 1. The van der Waals surface area contributed by atoms with Crippen LogP contribution in [0.2, 0.25) is 0 Å². The molecule has 0 aliphatic carbocycles. The summed E-state index contributed by atoms with van der Waals surface area (Å²) >= 11 is 0. The largest absolute Gasteiger partial charge is 0.388 e. The van der Waals surface area contributed by atoms with Crippen molar-refractivity contribution in [2.24, 2.45) is 5.92 Å². The number of aromatic nitrogens is 2. The minimum absolute atomic E-state index is 0.0187. The highest BCUT2D eigenvalue weighted by Crippen LogP contribution is 2.24. The van der Waals surface area contributed by atoms with Gasteiger partial charge >= 0.3 is 0 Å². The fourth-order valence-corrected chi connectivity index (χ4v) is 4.22. The van der Waals surface area contributed by atoms with E-state index >= 15 is 0 Å². The average Bonchev–Trinajstić information content (AvgIpc) is 2.79. The Morgan fingerprint density at radius 1 is 1.03 bits per heavy atom. The van der Waals surface area contributed by atoms with Gasteiger partial charge < -0.3 is 10.4 Å². The standard InChI is InChI=1S/C29H37N3O2/c1-19(2)8-13-26(29-21(4)15-20(3)18-31-29)32-28(34)16-23-9-11-24(12-10-23)27(33)17-25-7-6-14-30-22(25)5/h6-7,9-12,14-15,18-19,26-27,33H,8,13,16-17H2,1-5H3,(H,32,34). The fraction of sp³-hybridized carbons (Fsp3) is 0.414. The van der Waals surface area contributed by atoms with Crippen molar-refractivity contribution in [3.8, 4) is 0 Å². The average molecular weight is 460 g/mol. The summed E-state index contributed by atoms with van der Waals surface area (Å²) < 4.78 is 0. The van der Waals surface area contributed by atoms with Crippen LogP contribution < -0.4 is 5.32 Å². The number of carbonyl (C=O) groups excluding carboxylic acids is 1. The lowest BCUT2D eigenvalue weighted by atomic mass is 9.97. The van der Waals surface area contributed by atoms with Crippen molar-refractivity contribution in [1.29, 1.82) is 0 Å². The second-order valence-corrected chi connectivity index (χ2v) is 9.69. The lowest BCUT2D eigenvalue weighted by molar-refractivity contribution is -0.121. The molecule has 2 unspecified atom stereocenters. The number of hydrogen-bond acceptors (Lipinski definition) is 4. The zero-order valence-electron chi connectivity index (χ0n) is 21.0. The Hall–Kier alpha value is -3.05. The molecule has 0 radical (unpaired) electrons. The highest BCUT2D eigenvalue weighted by molar-refractivity contribution is 5.79. The Morgan fingerprint density at radius 2 is 1.76 bits per heavy atom. The smallest absolute Gasteiger partial charge is 0.224 e. The summed E-state index contributed by atoms with van der Waals surface area (Å²) in [5.74, 6) is 0.536. The molecule has 0 aliphatic rings. The van der Waals surface area contributed by atoms with Gasteiger partial charge in [0.05, 0.1) is 24.3 Å². The van der Waals surface area contributed by atoms with Gasteiger partial charge in [-0.15, -0.1) is 0 Å². The maximum absolute atomic E-state index is 12.9. The van der Waals surface area contributed by atoms with Gasteiger partial charge in [-0.2, -0.15) is 0 Å². The molecule has 0 saturated carbocycles. The van der Waals surface area contributed by atoms with Gasteiger partial charge in [-0.3, -0.25) is 14.8 Å². The van der Waals surface area contributed by atoms with Crippen molar-refractivity contribution in [2.75, 3.05) is 0 Å². The molecule has 2 atom stereocenters. The van der Waals surface area contributed by atoms with Gasteiger partial charge in [0.1, 0.15) is 0 Å². The molecule has 5 nitrogen and oxygen atoms in total. The molecule has 0 spiro atoms. The highest BCUT2D eigenvalue weighted by atomic mass is 16.3.